The van der Waals surface area contributed by atoms with E-state index in [9.17, 15) is 14.7 Å². The molecule has 1 aliphatic heterocycles. The average Bonchev–Trinajstić information content (AvgIpc) is 2.97. The van der Waals surface area contributed by atoms with Crippen molar-refractivity contribution >= 4 is 12.0 Å². The largest absolute Gasteiger partial charge is 0.480 e. The van der Waals surface area contributed by atoms with Crippen molar-refractivity contribution in [1.82, 2.24) is 20.0 Å². The van der Waals surface area contributed by atoms with Crippen molar-refractivity contribution in [2.45, 2.75) is 31.7 Å². The molecule has 2 rings (SSSR count). The lowest BCUT2D eigenvalue weighted by Crippen LogP contribution is -2.54. The van der Waals surface area contributed by atoms with E-state index in [-0.39, 0.29) is 6.03 Å². The Bertz CT molecular complexity index is 513. The Morgan fingerprint density at radius 2 is 2.30 bits per heavy atom. The maximum Gasteiger partial charge on any atom is 0.329 e. The van der Waals surface area contributed by atoms with Gasteiger partial charge in [0.1, 0.15) is 5.54 Å². The molecule has 1 aliphatic rings. The number of carbonyl (C=O) groups is 2. The van der Waals surface area contributed by atoms with Crippen LogP contribution < -0.4 is 5.32 Å². The molecule has 2 amide bonds. The molecule has 1 saturated heterocycles. The summed E-state index contributed by atoms with van der Waals surface area (Å²) in [5.74, 6) is -0.947. The van der Waals surface area contributed by atoms with Crippen LogP contribution in [0, 0.1) is 0 Å². The number of amides is 2. The van der Waals surface area contributed by atoms with Crippen molar-refractivity contribution in [2.24, 2.45) is 7.05 Å². The van der Waals surface area contributed by atoms with Crippen LogP contribution in [0.15, 0.2) is 12.3 Å². The highest BCUT2D eigenvalue weighted by Gasteiger charge is 2.45. The summed E-state index contributed by atoms with van der Waals surface area (Å²) in [6.07, 6.45) is 3.59. The van der Waals surface area contributed by atoms with Gasteiger partial charge in [-0.05, 0) is 25.8 Å². The fraction of sp³-hybridized carbons (Fsp3) is 0.615. The zero-order valence-corrected chi connectivity index (χ0v) is 11.8. The third-order valence-corrected chi connectivity index (χ3v) is 3.93. The molecule has 0 saturated carbocycles. The molecule has 0 aromatic carbocycles. The number of likely N-dealkylation sites (tertiary alicyclic amines) is 1. The van der Waals surface area contributed by atoms with E-state index in [1.165, 1.54) is 4.90 Å². The van der Waals surface area contributed by atoms with E-state index in [4.69, 9.17) is 0 Å². The summed E-state index contributed by atoms with van der Waals surface area (Å²) in [6, 6.07) is 1.58. The van der Waals surface area contributed by atoms with Crippen LogP contribution in [0.4, 0.5) is 4.79 Å². The van der Waals surface area contributed by atoms with Crippen molar-refractivity contribution in [2.75, 3.05) is 13.1 Å². The Hall–Kier alpha value is -2.05. The molecule has 0 aliphatic carbocycles. The molecular weight excluding hydrogens is 260 g/mol. The van der Waals surface area contributed by atoms with Gasteiger partial charge in [0.25, 0.3) is 0 Å². The normalized spacial score (nSPS) is 22.0. The van der Waals surface area contributed by atoms with Crippen LogP contribution in [0.1, 0.15) is 25.5 Å². The van der Waals surface area contributed by atoms with Gasteiger partial charge in [-0.3, -0.25) is 4.68 Å². The fourth-order valence-corrected chi connectivity index (χ4v) is 2.55. The smallest absolute Gasteiger partial charge is 0.329 e. The van der Waals surface area contributed by atoms with Gasteiger partial charge >= 0.3 is 12.0 Å². The number of urea groups is 1. The van der Waals surface area contributed by atoms with Gasteiger partial charge < -0.3 is 15.3 Å². The number of nitrogens with zero attached hydrogens (tertiary/aromatic N) is 3. The van der Waals surface area contributed by atoms with Gasteiger partial charge in [-0.1, -0.05) is 0 Å². The molecule has 7 heteroatoms. The van der Waals surface area contributed by atoms with Gasteiger partial charge in [-0.15, -0.1) is 0 Å². The number of aliphatic carboxylic acids is 1. The topological polar surface area (TPSA) is 87.5 Å². The third kappa shape index (κ3) is 2.61. The van der Waals surface area contributed by atoms with E-state index in [2.05, 4.69) is 10.4 Å². The van der Waals surface area contributed by atoms with Crippen LogP contribution in [-0.4, -0.2) is 50.4 Å². The maximum atomic E-state index is 12.1. The lowest BCUT2D eigenvalue weighted by atomic mass is 10.00. The molecule has 1 fully saturated rings. The number of hydrogen-bond donors (Lipinski definition) is 2. The van der Waals surface area contributed by atoms with E-state index in [1.54, 1.807) is 17.8 Å². The summed E-state index contributed by atoms with van der Waals surface area (Å²) in [7, 11) is 1.85. The molecule has 1 atom stereocenters. The molecule has 0 spiro atoms. The van der Waals surface area contributed by atoms with Gasteiger partial charge in [-0.2, -0.15) is 5.10 Å². The van der Waals surface area contributed by atoms with E-state index in [0.717, 1.165) is 12.1 Å². The van der Waals surface area contributed by atoms with Gasteiger partial charge in [0, 0.05) is 38.4 Å². The Labute approximate surface area is 117 Å². The lowest BCUT2D eigenvalue weighted by molar-refractivity contribution is -0.147. The molecule has 7 nitrogen and oxygen atoms in total. The number of rotatable bonds is 4. The summed E-state index contributed by atoms with van der Waals surface area (Å²) >= 11 is 0. The Balaban J connectivity index is 1.89. The number of aryl methyl sites for hydroxylation is 1. The first kappa shape index (κ1) is 14.4. The predicted molar refractivity (Wildman–Crippen MR) is 72.3 cm³/mol. The molecule has 2 heterocycles. The molecule has 0 bridgehead atoms. The summed E-state index contributed by atoms with van der Waals surface area (Å²) in [4.78, 5) is 24.8. The highest BCUT2D eigenvalue weighted by molar-refractivity contribution is 5.86. The van der Waals surface area contributed by atoms with Crippen LogP contribution in [0.3, 0.4) is 0 Å². The van der Waals surface area contributed by atoms with E-state index in [1.807, 2.05) is 13.1 Å². The standard InChI is InChI=1S/C13H20N4O3/c1-13(11(18)19)6-3-9-17(13)12(20)14-7-4-10-5-8-15-16(10)2/h5,8H,3-4,6-7,9H2,1-2H3,(H,14,20)(H,18,19). The van der Waals surface area contributed by atoms with Gasteiger partial charge in [-0.25, -0.2) is 9.59 Å². The van der Waals surface area contributed by atoms with Crippen LogP contribution in [0.5, 0.6) is 0 Å². The number of nitrogens with one attached hydrogen (secondary N) is 1. The molecular formula is C13H20N4O3. The summed E-state index contributed by atoms with van der Waals surface area (Å²) in [6.45, 7) is 2.55. The minimum Gasteiger partial charge on any atom is -0.480 e. The lowest BCUT2D eigenvalue weighted by Gasteiger charge is -2.31. The maximum absolute atomic E-state index is 12.1. The number of hydrogen-bond acceptors (Lipinski definition) is 3. The van der Waals surface area contributed by atoms with Crippen LogP contribution >= 0.6 is 0 Å². The molecule has 110 valence electrons. The zero-order valence-electron chi connectivity index (χ0n) is 11.8. The van der Waals surface area contributed by atoms with Crippen LogP contribution in [0.2, 0.25) is 0 Å². The summed E-state index contributed by atoms with van der Waals surface area (Å²) in [5.41, 5.74) is -0.0657. The molecule has 1 aromatic rings. The van der Waals surface area contributed by atoms with Gasteiger partial charge in [0.15, 0.2) is 0 Å². The fourth-order valence-electron chi connectivity index (χ4n) is 2.55. The second-order valence-corrected chi connectivity index (χ2v) is 5.26. The third-order valence-electron chi connectivity index (χ3n) is 3.93. The molecule has 2 N–H and O–H groups in total. The van der Waals surface area contributed by atoms with E-state index in [0.29, 0.717) is 25.9 Å². The average molecular weight is 280 g/mol. The van der Waals surface area contributed by atoms with Crippen molar-refractivity contribution in [3.8, 4) is 0 Å². The molecule has 1 unspecified atom stereocenters. The molecule has 1 aromatic heterocycles. The van der Waals surface area contributed by atoms with E-state index < -0.39 is 11.5 Å². The minimum atomic E-state index is -1.09. The Kier molecular flexibility index (Phi) is 3.96. The minimum absolute atomic E-state index is 0.311. The second-order valence-electron chi connectivity index (χ2n) is 5.26. The first-order valence-electron chi connectivity index (χ1n) is 6.71. The van der Waals surface area contributed by atoms with E-state index >= 15 is 0 Å². The van der Waals surface area contributed by atoms with Crippen molar-refractivity contribution in [3.05, 3.63) is 18.0 Å². The Morgan fingerprint density at radius 3 is 2.90 bits per heavy atom. The number of carbonyl (C=O) groups excluding carboxylic acids is 1. The number of carboxylic acid groups (broad SMARTS) is 1. The molecule has 20 heavy (non-hydrogen) atoms. The van der Waals surface area contributed by atoms with Gasteiger partial charge in [0.05, 0.1) is 0 Å². The van der Waals surface area contributed by atoms with Crippen LogP contribution in [0.25, 0.3) is 0 Å². The molecule has 0 radical (unpaired) electrons. The van der Waals surface area contributed by atoms with Crippen molar-refractivity contribution < 1.29 is 14.7 Å². The first-order chi connectivity index (χ1) is 9.45. The highest BCUT2D eigenvalue weighted by atomic mass is 16.4. The van der Waals surface area contributed by atoms with Crippen molar-refractivity contribution in [1.29, 1.82) is 0 Å². The second kappa shape index (κ2) is 5.52. The van der Waals surface area contributed by atoms with Crippen LogP contribution in [-0.2, 0) is 18.3 Å². The Morgan fingerprint density at radius 1 is 1.55 bits per heavy atom. The first-order valence-corrected chi connectivity index (χ1v) is 6.71. The highest BCUT2D eigenvalue weighted by Crippen LogP contribution is 2.29. The quantitative estimate of drug-likeness (QED) is 0.846. The summed E-state index contributed by atoms with van der Waals surface area (Å²) < 4.78 is 1.75. The predicted octanol–water partition coefficient (Wildman–Crippen LogP) is 0.611. The monoisotopic (exact) mass is 280 g/mol. The zero-order chi connectivity index (χ0) is 14.8. The van der Waals surface area contributed by atoms with Gasteiger partial charge in [0.2, 0.25) is 0 Å². The number of aromatic nitrogens is 2. The summed E-state index contributed by atoms with van der Waals surface area (Å²) in [5, 5.41) is 16.1. The van der Waals surface area contributed by atoms with Crippen molar-refractivity contribution in [3.63, 3.8) is 0 Å². The number of carboxylic acids is 1. The SMILES string of the molecule is Cn1nccc1CCNC(=O)N1CCCC1(C)C(=O)O.